The van der Waals surface area contributed by atoms with Gasteiger partial charge in [0.05, 0.1) is 16.7 Å². The smallest absolute Gasteiger partial charge is 0.0990 e. The van der Waals surface area contributed by atoms with Gasteiger partial charge in [-0.2, -0.15) is 0 Å². The zero-order valence-electron chi connectivity index (χ0n) is 8.49. The van der Waals surface area contributed by atoms with E-state index < -0.39 is 5.60 Å². The number of ether oxygens (including phenoxy) is 1. The van der Waals surface area contributed by atoms with Gasteiger partial charge in [0, 0.05) is 30.5 Å². The number of aliphatic hydroxyl groups is 1. The summed E-state index contributed by atoms with van der Waals surface area (Å²) in [6.07, 6.45) is 1.26. The minimum Gasteiger partial charge on any atom is -0.387 e. The topological polar surface area (TPSA) is 42.4 Å². The molecule has 1 fully saturated rings. The molecule has 0 spiro atoms. The van der Waals surface area contributed by atoms with Crippen LogP contribution in [-0.2, 0) is 11.2 Å². The second-order valence-electron chi connectivity index (χ2n) is 3.93. The second kappa shape index (κ2) is 3.61. The Kier molecular flexibility index (Phi) is 2.60. The van der Waals surface area contributed by atoms with Crippen molar-refractivity contribution in [3.63, 3.8) is 0 Å². The number of thiazole rings is 1. The molecular formula is C10H15NO2S. The van der Waals surface area contributed by atoms with Gasteiger partial charge in [0.15, 0.2) is 0 Å². The van der Waals surface area contributed by atoms with E-state index in [1.165, 1.54) is 0 Å². The molecule has 2 heterocycles. The molecule has 2 unspecified atom stereocenters. The van der Waals surface area contributed by atoms with Crippen LogP contribution in [0.2, 0.25) is 0 Å². The van der Waals surface area contributed by atoms with Crippen LogP contribution in [-0.4, -0.2) is 28.4 Å². The molecule has 1 aliphatic heterocycles. The maximum atomic E-state index is 10.3. The maximum absolute atomic E-state index is 10.3. The number of hydrogen-bond donors (Lipinski definition) is 1. The van der Waals surface area contributed by atoms with Crippen LogP contribution in [0.5, 0.6) is 0 Å². The third kappa shape index (κ3) is 1.82. The van der Waals surface area contributed by atoms with Crippen molar-refractivity contribution in [3.05, 3.63) is 16.1 Å². The molecule has 1 N–H and O–H groups in total. The summed E-state index contributed by atoms with van der Waals surface area (Å²) in [5.74, 6) is 0. The predicted molar refractivity (Wildman–Crippen MR) is 55.5 cm³/mol. The van der Waals surface area contributed by atoms with Gasteiger partial charge in [-0.1, -0.05) is 0 Å². The van der Waals surface area contributed by atoms with Crippen LogP contribution in [0, 0.1) is 6.92 Å². The zero-order chi connectivity index (χ0) is 10.2. The Morgan fingerprint density at radius 1 is 1.79 bits per heavy atom. The fourth-order valence-electron chi connectivity index (χ4n) is 1.75. The molecule has 1 aromatic heterocycles. The highest BCUT2D eigenvalue weighted by molar-refractivity contribution is 7.09. The molecule has 0 amide bonds. The van der Waals surface area contributed by atoms with Crippen LogP contribution in [0.1, 0.15) is 24.0 Å². The van der Waals surface area contributed by atoms with Crippen LogP contribution >= 0.6 is 11.3 Å². The van der Waals surface area contributed by atoms with Gasteiger partial charge in [-0.15, -0.1) is 11.3 Å². The summed E-state index contributed by atoms with van der Waals surface area (Å²) in [6, 6.07) is 0. The van der Waals surface area contributed by atoms with Crippen molar-refractivity contribution in [1.82, 2.24) is 4.98 Å². The van der Waals surface area contributed by atoms with Gasteiger partial charge in [0.1, 0.15) is 0 Å². The third-order valence-electron chi connectivity index (χ3n) is 2.78. The van der Waals surface area contributed by atoms with Crippen molar-refractivity contribution >= 4 is 11.3 Å². The summed E-state index contributed by atoms with van der Waals surface area (Å²) in [6.45, 7) is 4.55. The van der Waals surface area contributed by atoms with E-state index in [1.54, 1.807) is 11.3 Å². The first kappa shape index (κ1) is 10.1. The van der Waals surface area contributed by atoms with E-state index in [4.69, 9.17) is 4.74 Å². The van der Waals surface area contributed by atoms with Gasteiger partial charge in [-0.3, -0.25) is 0 Å². The monoisotopic (exact) mass is 213 g/mol. The Balaban J connectivity index is 2.10. The summed E-state index contributed by atoms with van der Waals surface area (Å²) in [5.41, 5.74) is 0.324. The van der Waals surface area contributed by atoms with E-state index in [-0.39, 0.29) is 6.10 Å². The van der Waals surface area contributed by atoms with Gasteiger partial charge >= 0.3 is 0 Å². The minimum absolute atomic E-state index is 0.0771. The van der Waals surface area contributed by atoms with Gasteiger partial charge in [0.2, 0.25) is 0 Å². The first-order valence-corrected chi connectivity index (χ1v) is 5.73. The Labute approximate surface area is 87.7 Å². The van der Waals surface area contributed by atoms with Crippen LogP contribution < -0.4 is 0 Å². The molecule has 0 bridgehead atoms. The van der Waals surface area contributed by atoms with Crippen molar-refractivity contribution in [3.8, 4) is 0 Å². The zero-order valence-corrected chi connectivity index (χ0v) is 9.30. The van der Waals surface area contributed by atoms with E-state index in [0.717, 1.165) is 10.7 Å². The average Bonchev–Trinajstić information content (AvgIpc) is 2.62. The summed E-state index contributed by atoms with van der Waals surface area (Å²) >= 11 is 1.61. The number of nitrogens with zero attached hydrogens (tertiary/aromatic N) is 1. The van der Waals surface area contributed by atoms with E-state index in [2.05, 4.69) is 4.98 Å². The van der Waals surface area contributed by atoms with Crippen LogP contribution in [0.25, 0.3) is 0 Å². The van der Waals surface area contributed by atoms with Crippen molar-refractivity contribution < 1.29 is 9.84 Å². The Morgan fingerprint density at radius 3 is 3.07 bits per heavy atom. The quantitative estimate of drug-likeness (QED) is 0.810. The van der Waals surface area contributed by atoms with E-state index in [9.17, 15) is 5.11 Å². The van der Waals surface area contributed by atoms with Crippen LogP contribution in [0.3, 0.4) is 0 Å². The standard InChI is InChI=1S/C10H15NO2S/c1-7-6-14-9(11-7)5-10(12)3-4-13-8(10)2/h6,8,12H,3-5H2,1-2H3. The molecule has 2 atom stereocenters. The summed E-state index contributed by atoms with van der Waals surface area (Å²) in [7, 11) is 0. The number of aryl methyl sites for hydroxylation is 1. The predicted octanol–water partition coefficient (Wildman–Crippen LogP) is 1.53. The molecule has 0 aliphatic carbocycles. The lowest BCUT2D eigenvalue weighted by molar-refractivity contribution is -0.0269. The SMILES string of the molecule is Cc1csc(CC2(O)CCOC2C)n1. The molecule has 0 aromatic carbocycles. The number of hydrogen-bond acceptors (Lipinski definition) is 4. The Bertz CT molecular complexity index is 326. The molecular weight excluding hydrogens is 198 g/mol. The average molecular weight is 213 g/mol. The highest BCUT2D eigenvalue weighted by Crippen LogP contribution is 2.30. The molecule has 0 saturated carbocycles. The molecule has 78 valence electrons. The number of aromatic nitrogens is 1. The fraction of sp³-hybridized carbons (Fsp3) is 0.700. The van der Waals surface area contributed by atoms with Gasteiger partial charge < -0.3 is 9.84 Å². The molecule has 0 radical (unpaired) electrons. The molecule has 4 heteroatoms. The van der Waals surface area contributed by atoms with Crippen molar-refractivity contribution in [2.24, 2.45) is 0 Å². The molecule has 3 nitrogen and oxygen atoms in total. The van der Waals surface area contributed by atoms with Crippen LogP contribution in [0.15, 0.2) is 5.38 Å². The van der Waals surface area contributed by atoms with Crippen molar-refractivity contribution in [2.45, 2.75) is 38.4 Å². The molecule has 1 saturated heterocycles. The van der Waals surface area contributed by atoms with Gasteiger partial charge in [0.25, 0.3) is 0 Å². The van der Waals surface area contributed by atoms with E-state index in [0.29, 0.717) is 19.4 Å². The minimum atomic E-state index is -0.704. The molecule has 14 heavy (non-hydrogen) atoms. The summed E-state index contributed by atoms with van der Waals surface area (Å²) < 4.78 is 5.37. The van der Waals surface area contributed by atoms with E-state index in [1.807, 2.05) is 19.2 Å². The maximum Gasteiger partial charge on any atom is 0.0990 e. The second-order valence-corrected chi connectivity index (χ2v) is 4.87. The van der Waals surface area contributed by atoms with Crippen molar-refractivity contribution in [1.29, 1.82) is 0 Å². The highest BCUT2D eigenvalue weighted by atomic mass is 32.1. The van der Waals surface area contributed by atoms with Gasteiger partial charge in [-0.25, -0.2) is 4.98 Å². The molecule has 1 aromatic rings. The fourth-order valence-corrected chi connectivity index (χ4v) is 2.64. The third-order valence-corrected chi connectivity index (χ3v) is 3.75. The lowest BCUT2D eigenvalue weighted by Crippen LogP contribution is -2.38. The normalized spacial score (nSPS) is 32.4. The van der Waals surface area contributed by atoms with Crippen LogP contribution in [0.4, 0.5) is 0 Å². The number of rotatable bonds is 2. The first-order valence-electron chi connectivity index (χ1n) is 4.85. The first-order chi connectivity index (χ1) is 6.60. The summed E-state index contributed by atoms with van der Waals surface area (Å²) in [5, 5.41) is 13.3. The summed E-state index contributed by atoms with van der Waals surface area (Å²) in [4.78, 5) is 4.36. The Morgan fingerprint density at radius 2 is 2.57 bits per heavy atom. The van der Waals surface area contributed by atoms with Gasteiger partial charge in [-0.05, 0) is 13.8 Å². The van der Waals surface area contributed by atoms with E-state index >= 15 is 0 Å². The highest BCUT2D eigenvalue weighted by Gasteiger charge is 2.40. The molecule has 1 aliphatic rings. The lowest BCUT2D eigenvalue weighted by Gasteiger charge is -2.24. The Hall–Kier alpha value is -0.450. The lowest BCUT2D eigenvalue weighted by atomic mass is 9.93. The van der Waals surface area contributed by atoms with Crippen molar-refractivity contribution in [2.75, 3.05) is 6.61 Å². The largest absolute Gasteiger partial charge is 0.387 e. The molecule has 2 rings (SSSR count).